The van der Waals surface area contributed by atoms with E-state index in [4.69, 9.17) is 10.5 Å². The van der Waals surface area contributed by atoms with Crippen LogP contribution in [0.4, 0.5) is 5.69 Å². The second-order valence-corrected chi connectivity index (χ2v) is 7.12. The van der Waals surface area contributed by atoms with Gasteiger partial charge in [-0.25, -0.2) is 4.98 Å². The number of carbonyl (C=O) groups excluding carboxylic acids is 1. The highest BCUT2D eigenvalue weighted by molar-refractivity contribution is 8.01. The standard InChI is InChI=1S/C13H16N2O2S2/c1-13(2,11(16)17-3)7-18-12-15-9-5-4-8(14)6-10(9)19-12/h4-6H,7,14H2,1-3H3. The van der Waals surface area contributed by atoms with Crippen LogP contribution < -0.4 is 5.73 Å². The second-order valence-electron chi connectivity index (χ2n) is 4.87. The fourth-order valence-electron chi connectivity index (χ4n) is 1.56. The minimum atomic E-state index is -0.518. The van der Waals surface area contributed by atoms with Gasteiger partial charge >= 0.3 is 5.97 Å². The van der Waals surface area contributed by atoms with Gasteiger partial charge in [0.2, 0.25) is 0 Å². The van der Waals surface area contributed by atoms with E-state index in [2.05, 4.69) is 4.98 Å². The number of carbonyl (C=O) groups is 1. The average molecular weight is 296 g/mol. The molecule has 0 aliphatic carbocycles. The Morgan fingerprint density at radius 1 is 1.53 bits per heavy atom. The molecule has 0 aliphatic rings. The van der Waals surface area contributed by atoms with Crippen LogP contribution in [-0.2, 0) is 9.53 Å². The van der Waals surface area contributed by atoms with Crippen LogP contribution in [0.1, 0.15) is 13.8 Å². The van der Waals surface area contributed by atoms with E-state index in [9.17, 15) is 4.79 Å². The molecule has 19 heavy (non-hydrogen) atoms. The molecule has 1 heterocycles. The van der Waals surface area contributed by atoms with Crippen molar-refractivity contribution in [3.63, 3.8) is 0 Å². The lowest BCUT2D eigenvalue weighted by molar-refractivity contribution is -0.149. The number of aromatic nitrogens is 1. The van der Waals surface area contributed by atoms with Crippen molar-refractivity contribution in [3.05, 3.63) is 18.2 Å². The molecule has 2 rings (SSSR count). The Labute approximate surface area is 120 Å². The highest BCUT2D eigenvalue weighted by Crippen LogP contribution is 2.34. The summed E-state index contributed by atoms with van der Waals surface area (Å²) in [6, 6.07) is 5.67. The summed E-state index contributed by atoms with van der Waals surface area (Å²) in [5, 5.41) is 0. The fraction of sp³-hybridized carbons (Fsp3) is 0.385. The topological polar surface area (TPSA) is 65.2 Å². The maximum Gasteiger partial charge on any atom is 0.312 e. The lowest BCUT2D eigenvalue weighted by Gasteiger charge is -2.19. The summed E-state index contributed by atoms with van der Waals surface area (Å²) in [5.41, 5.74) is 6.91. The highest BCUT2D eigenvalue weighted by Gasteiger charge is 2.29. The summed E-state index contributed by atoms with van der Waals surface area (Å²) in [7, 11) is 1.41. The Bertz CT molecular complexity index is 608. The number of fused-ring (bicyclic) bond motifs is 1. The molecule has 0 saturated carbocycles. The number of nitrogens with two attached hydrogens (primary N) is 1. The third-order valence-corrected chi connectivity index (χ3v) is 5.31. The molecule has 0 bridgehead atoms. The quantitative estimate of drug-likeness (QED) is 0.533. The van der Waals surface area contributed by atoms with Crippen molar-refractivity contribution in [2.75, 3.05) is 18.6 Å². The summed E-state index contributed by atoms with van der Waals surface area (Å²) >= 11 is 3.16. The Hall–Kier alpha value is -1.27. The fourth-order valence-corrected chi connectivity index (χ4v) is 3.75. The van der Waals surface area contributed by atoms with E-state index < -0.39 is 5.41 Å². The predicted molar refractivity (Wildman–Crippen MR) is 80.6 cm³/mol. The van der Waals surface area contributed by atoms with Gasteiger partial charge in [-0.1, -0.05) is 11.8 Å². The highest BCUT2D eigenvalue weighted by atomic mass is 32.2. The van der Waals surface area contributed by atoms with Crippen molar-refractivity contribution in [3.8, 4) is 0 Å². The Kier molecular flexibility index (Phi) is 4.01. The summed E-state index contributed by atoms with van der Waals surface area (Å²) in [5.74, 6) is 0.431. The van der Waals surface area contributed by atoms with Gasteiger partial charge in [0.15, 0.2) is 4.34 Å². The van der Waals surface area contributed by atoms with Crippen molar-refractivity contribution >= 4 is 45.0 Å². The molecule has 0 saturated heterocycles. The van der Waals surface area contributed by atoms with E-state index >= 15 is 0 Å². The first-order chi connectivity index (χ1) is 8.92. The van der Waals surface area contributed by atoms with Gasteiger partial charge in [-0.15, -0.1) is 11.3 Å². The van der Waals surface area contributed by atoms with Crippen LogP contribution in [0.3, 0.4) is 0 Å². The van der Waals surface area contributed by atoms with E-state index in [0.29, 0.717) is 5.75 Å². The third-order valence-electron chi connectivity index (χ3n) is 2.69. The van der Waals surface area contributed by atoms with Gasteiger partial charge in [-0.3, -0.25) is 4.79 Å². The van der Waals surface area contributed by atoms with Crippen LogP contribution in [0.15, 0.2) is 22.5 Å². The summed E-state index contributed by atoms with van der Waals surface area (Å²) in [4.78, 5) is 16.1. The van der Waals surface area contributed by atoms with Crippen LogP contribution in [0.2, 0.25) is 0 Å². The largest absolute Gasteiger partial charge is 0.469 e. The molecule has 2 N–H and O–H groups in total. The number of nitrogen functional groups attached to an aromatic ring is 1. The number of nitrogens with zero attached hydrogens (tertiary/aromatic N) is 1. The van der Waals surface area contributed by atoms with Crippen molar-refractivity contribution in [2.24, 2.45) is 5.41 Å². The summed E-state index contributed by atoms with van der Waals surface area (Å²) < 4.78 is 6.80. The third kappa shape index (κ3) is 3.19. The molecule has 0 atom stereocenters. The number of methoxy groups -OCH3 is 1. The van der Waals surface area contributed by atoms with Gasteiger partial charge in [0, 0.05) is 11.4 Å². The van der Waals surface area contributed by atoms with E-state index in [1.807, 2.05) is 32.0 Å². The van der Waals surface area contributed by atoms with Gasteiger partial charge in [0.25, 0.3) is 0 Å². The van der Waals surface area contributed by atoms with Gasteiger partial charge < -0.3 is 10.5 Å². The number of rotatable bonds is 4. The Balaban J connectivity index is 2.12. The van der Waals surface area contributed by atoms with Crippen molar-refractivity contribution in [1.29, 1.82) is 0 Å². The van der Waals surface area contributed by atoms with E-state index in [1.54, 1.807) is 23.1 Å². The monoisotopic (exact) mass is 296 g/mol. The van der Waals surface area contributed by atoms with Crippen molar-refractivity contribution in [1.82, 2.24) is 4.98 Å². The molecule has 102 valence electrons. The van der Waals surface area contributed by atoms with Gasteiger partial charge in [0.05, 0.1) is 22.7 Å². The first-order valence-corrected chi connectivity index (χ1v) is 7.60. The maximum atomic E-state index is 11.6. The zero-order chi connectivity index (χ0) is 14.0. The molecule has 6 heteroatoms. The number of anilines is 1. The van der Waals surface area contributed by atoms with Crippen LogP contribution in [0.5, 0.6) is 0 Å². The predicted octanol–water partition coefficient (Wildman–Crippen LogP) is 3.17. The Morgan fingerprint density at radius 3 is 2.95 bits per heavy atom. The number of benzene rings is 1. The molecule has 0 aliphatic heterocycles. The first kappa shape index (κ1) is 14.1. The van der Waals surface area contributed by atoms with Crippen molar-refractivity contribution < 1.29 is 9.53 Å². The molecule has 0 amide bonds. The molecule has 0 fully saturated rings. The summed E-state index contributed by atoms with van der Waals surface area (Å²) in [6.45, 7) is 3.74. The number of hydrogen-bond acceptors (Lipinski definition) is 6. The lowest BCUT2D eigenvalue weighted by Crippen LogP contribution is -2.28. The van der Waals surface area contributed by atoms with Crippen molar-refractivity contribution in [2.45, 2.75) is 18.2 Å². The molecule has 1 aromatic heterocycles. The SMILES string of the molecule is COC(=O)C(C)(C)CSc1nc2ccc(N)cc2s1. The zero-order valence-corrected chi connectivity index (χ0v) is 12.7. The number of thiazole rings is 1. The van der Waals surface area contributed by atoms with Gasteiger partial charge in [-0.2, -0.15) is 0 Å². The van der Waals surface area contributed by atoms with E-state index in [1.165, 1.54) is 7.11 Å². The minimum Gasteiger partial charge on any atom is -0.469 e. The molecule has 2 aromatic rings. The van der Waals surface area contributed by atoms with Crippen LogP contribution in [-0.4, -0.2) is 23.8 Å². The number of esters is 1. The van der Waals surface area contributed by atoms with Crippen LogP contribution >= 0.6 is 23.1 Å². The molecular weight excluding hydrogens is 280 g/mol. The zero-order valence-electron chi connectivity index (χ0n) is 11.1. The second kappa shape index (κ2) is 5.38. The normalized spacial score (nSPS) is 11.7. The van der Waals surface area contributed by atoms with E-state index in [-0.39, 0.29) is 5.97 Å². The molecule has 0 unspecified atom stereocenters. The van der Waals surface area contributed by atoms with Crippen LogP contribution in [0, 0.1) is 5.41 Å². The number of ether oxygens (including phenoxy) is 1. The Morgan fingerprint density at radius 2 is 2.26 bits per heavy atom. The molecule has 4 nitrogen and oxygen atoms in total. The molecule has 1 aromatic carbocycles. The molecule has 0 spiro atoms. The van der Waals surface area contributed by atoms with Gasteiger partial charge in [-0.05, 0) is 32.0 Å². The smallest absolute Gasteiger partial charge is 0.312 e. The molecule has 0 radical (unpaired) electrons. The summed E-state index contributed by atoms with van der Waals surface area (Å²) in [6.07, 6.45) is 0. The maximum absolute atomic E-state index is 11.6. The average Bonchev–Trinajstić information content (AvgIpc) is 2.77. The van der Waals surface area contributed by atoms with E-state index in [0.717, 1.165) is 20.2 Å². The number of hydrogen-bond donors (Lipinski definition) is 1. The molecular formula is C13H16N2O2S2. The first-order valence-electron chi connectivity index (χ1n) is 5.80. The minimum absolute atomic E-state index is 0.203. The van der Waals surface area contributed by atoms with Crippen LogP contribution in [0.25, 0.3) is 10.2 Å². The van der Waals surface area contributed by atoms with Gasteiger partial charge in [0.1, 0.15) is 0 Å². The lowest BCUT2D eigenvalue weighted by atomic mass is 9.97. The number of thioether (sulfide) groups is 1.